The first kappa shape index (κ1) is 57.7. The Labute approximate surface area is 438 Å². The molecule has 0 saturated carbocycles. The lowest BCUT2D eigenvalue weighted by atomic mass is 9.49. The van der Waals surface area contributed by atoms with Crippen LogP contribution in [0.4, 0.5) is 17.6 Å². The number of benzene rings is 6. The van der Waals surface area contributed by atoms with Crippen LogP contribution >= 0.6 is 0 Å². The van der Waals surface area contributed by atoms with Gasteiger partial charge in [0.25, 0.3) is 0 Å². The van der Waals surface area contributed by atoms with Gasteiger partial charge in [-0.25, -0.2) is 17.6 Å². The number of nitrogens with zero attached hydrogens (tertiary/aromatic N) is 2. The number of halogens is 4. The van der Waals surface area contributed by atoms with Gasteiger partial charge in [-0.3, -0.25) is 9.97 Å². The molecule has 0 amide bonds. The topological polar surface area (TPSA) is 62.7 Å². The average molecular weight is 998 g/mol. The molecule has 8 rings (SSSR count). The van der Waals surface area contributed by atoms with Crippen LogP contribution < -0.4 is 40.8 Å². The number of hydrogen-bond acceptors (Lipinski definition) is 6. The lowest BCUT2D eigenvalue weighted by molar-refractivity contribution is 0.319. The van der Waals surface area contributed by atoms with Crippen LogP contribution in [0.2, 0.25) is 54.6 Å². The normalized spacial score (nSPS) is 10.2. The van der Waals surface area contributed by atoms with Crippen LogP contribution in [0, 0.1) is 23.3 Å². The van der Waals surface area contributed by atoms with E-state index in [9.17, 15) is 17.6 Å². The Bertz CT molecular complexity index is 2630. The summed E-state index contributed by atoms with van der Waals surface area (Å²) >= 11 is 0. The molecular weight excluding hydrogens is 932 g/mol. The second kappa shape index (κ2) is 30.7. The summed E-state index contributed by atoms with van der Waals surface area (Å²) in [7, 11) is 0. The number of rotatable bonds is 18. The molecule has 0 bridgehead atoms. The predicted molar refractivity (Wildman–Crippen MR) is 303 cm³/mol. The van der Waals surface area contributed by atoms with Crippen molar-refractivity contribution in [2.45, 2.75) is 73.8 Å². The van der Waals surface area contributed by atoms with Crippen LogP contribution in [0.25, 0.3) is 0 Å². The molecule has 8 aromatic rings. The molecule has 0 saturated heterocycles. The summed E-state index contributed by atoms with van der Waals surface area (Å²) in [5, 5.41) is 0. The Balaban J connectivity index is 0.000000183. The van der Waals surface area contributed by atoms with E-state index in [1.165, 1.54) is 29.8 Å². The van der Waals surface area contributed by atoms with Crippen molar-refractivity contribution >= 4 is 48.7 Å². The number of hydrogen-bond donors (Lipinski definition) is 0. The Kier molecular flexibility index (Phi) is 24.0. The maximum Gasteiger partial charge on any atom is 0.173 e. The van der Waals surface area contributed by atoms with Crippen molar-refractivity contribution in [1.29, 1.82) is 0 Å². The first-order valence-corrected chi connectivity index (χ1v) is 25.3. The Morgan fingerprint density at radius 1 is 0.365 bits per heavy atom. The van der Waals surface area contributed by atoms with E-state index >= 15 is 0 Å². The number of aromatic nitrogens is 2. The van der Waals surface area contributed by atoms with Gasteiger partial charge in [0, 0.05) is 67.8 Å². The van der Waals surface area contributed by atoms with Gasteiger partial charge in [0.1, 0.15) is 52.0 Å². The lowest BCUT2D eigenvalue weighted by Crippen LogP contribution is -2.26. The predicted octanol–water partition coefficient (Wildman–Crippen LogP) is 12.6. The van der Waals surface area contributed by atoms with Gasteiger partial charge < -0.3 is 18.9 Å². The fourth-order valence-corrected chi connectivity index (χ4v) is 7.45. The minimum Gasteiger partial charge on any atom is -0.493 e. The Hall–Kier alpha value is -7.20. The summed E-state index contributed by atoms with van der Waals surface area (Å²) in [5.41, 5.74) is 6.20. The van der Waals surface area contributed by atoms with Crippen molar-refractivity contribution in [1.82, 2.24) is 9.97 Å². The summed E-state index contributed by atoms with van der Waals surface area (Å²) in [6.45, 7) is 18.1. The molecule has 6 aromatic carbocycles. The van der Waals surface area contributed by atoms with Crippen LogP contribution in [0.15, 0.2) is 182 Å². The summed E-state index contributed by atoms with van der Waals surface area (Å²) in [4.78, 5) is 8.25. The zero-order valence-electron chi connectivity index (χ0n) is 43.9. The highest BCUT2D eigenvalue weighted by molar-refractivity contribution is 6.72. The van der Waals surface area contributed by atoms with Crippen molar-refractivity contribution in [3.63, 3.8) is 0 Å². The minimum absolute atomic E-state index is 0.181. The van der Waals surface area contributed by atoms with Crippen LogP contribution in [-0.2, 0) is 19.3 Å². The van der Waals surface area contributed by atoms with Gasteiger partial charge in [-0.05, 0) is 87.6 Å². The Morgan fingerprint density at radius 3 is 1.16 bits per heavy atom. The highest BCUT2D eigenvalue weighted by Gasteiger charge is 2.14. The van der Waals surface area contributed by atoms with Crippen molar-refractivity contribution in [3.05, 3.63) is 222 Å². The van der Waals surface area contributed by atoms with E-state index in [0.29, 0.717) is 60.5 Å². The van der Waals surface area contributed by atoms with E-state index in [4.69, 9.17) is 18.9 Å². The molecule has 2 aromatic heterocycles. The number of para-hydroxylation sites is 1. The molecule has 0 atom stereocenters. The molecule has 2 heterocycles. The van der Waals surface area contributed by atoms with Gasteiger partial charge in [-0.2, -0.15) is 0 Å². The third kappa shape index (κ3) is 20.0. The molecular formula is C60H66B4F4N2O4. The zero-order chi connectivity index (χ0) is 53.2. The third-order valence-electron chi connectivity index (χ3n) is 11.6. The van der Waals surface area contributed by atoms with E-state index in [0.717, 1.165) is 40.5 Å². The SMILES string of the molecule is CB(C)c1ccc(OCCc2ccccc2)cc1F.CB(C)c1ccc(OCCc2ccccn2)cc1F.CB(C)c1ccc(OCCc2cccnc2)cc1F.CB(C)c1ccc(Oc2ccccc2)cc1F. The second-order valence-electron chi connectivity index (χ2n) is 18.7. The molecule has 6 nitrogen and oxygen atoms in total. The van der Waals surface area contributed by atoms with Crippen LogP contribution in [0.1, 0.15) is 16.8 Å². The van der Waals surface area contributed by atoms with E-state index < -0.39 is 0 Å². The summed E-state index contributed by atoms with van der Waals surface area (Å²) < 4.78 is 77.3. The number of pyridine rings is 2. The smallest absolute Gasteiger partial charge is 0.173 e. The first-order valence-electron chi connectivity index (χ1n) is 25.3. The molecule has 74 heavy (non-hydrogen) atoms. The molecule has 0 unspecified atom stereocenters. The van der Waals surface area contributed by atoms with Crippen molar-refractivity contribution in [2.24, 2.45) is 0 Å². The van der Waals surface area contributed by atoms with Gasteiger partial charge in [0.2, 0.25) is 0 Å². The lowest BCUT2D eigenvalue weighted by Gasteiger charge is -2.09. The largest absolute Gasteiger partial charge is 0.493 e. The van der Waals surface area contributed by atoms with E-state index in [1.54, 1.807) is 42.7 Å². The van der Waals surface area contributed by atoms with Gasteiger partial charge >= 0.3 is 0 Å². The van der Waals surface area contributed by atoms with E-state index in [2.05, 4.69) is 22.1 Å². The average Bonchev–Trinajstić information content (AvgIpc) is 3.38. The van der Waals surface area contributed by atoms with Gasteiger partial charge in [0.05, 0.1) is 19.8 Å². The fourth-order valence-electron chi connectivity index (χ4n) is 7.45. The standard InChI is InChI=1S/C16H18BFO.2C15H17BFNO.C14H14BFO/c1-17(2)15-9-8-14(12-16(15)18)19-11-10-13-6-4-3-5-7-13;1-16(2)14-6-5-13(10-15(14)17)19-9-7-12-4-3-8-18-11-12;1-16(2)14-7-6-13(11-15(14)17)19-10-8-12-5-3-4-9-18-12;1-15(2)13-9-8-12(10-14(13)16)17-11-6-4-3-5-7-11/h3-9,12H,10-11H2,1-2H3;3-6,8,10-11H,7,9H2,1-2H3;3-7,9,11H,8,10H2,1-2H3;3-10H,1-2H3. The molecule has 0 aliphatic heterocycles. The maximum atomic E-state index is 13.8. The monoisotopic (exact) mass is 999 g/mol. The zero-order valence-corrected chi connectivity index (χ0v) is 43.9. The minimum atomic E-state index is -0.214. The molecule has 380 valence electrons. The van der Waals surface area contributed by atoms with Crippen LogP contribution in [0.5, 0.6) is 28.7 Å². The fraction of sp³-hybridized carbons (Fsp3) is 0.233. The van der Waals surface area contributed by atoms with Gasteiger partial charge in [0.15, 0.2) is 26.9 Å². The quantitative estimate of drug-likeness (QED) is 0.0630. The maximum absolute atomic E-state index is 13.8. The summed E-state index contributed by atoms with van der Waals surface area (Å²) in [6, 6.07) is 49.4. The highest BCUT2D eigenvalue weighted by Crippen LogP contribution is 2.21. The van der Waals surface area contributed by atoms with Gasteiger partial charge in [-0.15, -0.1) is 0 Å². The van der Waals surface area contributed by atoms with Crippen LogP contribution in [-0.4, -0.2) is 56.6 Å². The van der Waals surface area contributed by atoms with Crippen molar-refractivity contribution < 1.29 is 36.5 Å². The molecule has 14 heteroatoms. The third-order valence-corrected chi connectivity index (χ3v) is 11.6. The molecule has 0 radical (unpaired) electrons. The Morgan fingerprint density at radius 2 is 0.757 bits per heavy atom. The molecule has 0 fully saturated rings. The van der Waals surface area contributed by atoms with E-state index in [-0.39, 0.29) is 50.1 Å². The summed E-state index contributed by atoms with van der Waals surface area (Å²) in [5.74, 6) is 2.17. The van der Waals surface area contributed by atoms with Crippen LogP contribution in [0.3, 0.4) is 0 Å². The van der Waals surface area contributed by atoms with Gasteiger partial charge in [-0.1, -0.05) is 140 Å². The van der Waals surface area contributed by atoms with E-state index in [1.807, 2.05) is 158 Å². The second-order valence-corrected chi connectivity index (χ2v) is 18.7. The molecule has 0 spiro atoms. The molecule has 0 aliphatic rings. The molecule has 0 aliphatic carbocycles. The number of ether oxygens (including phenoxy) is 4. The van der Waals surface area contributed by atoms with Crippen molar-refractivity contribution in [2.75, 3.05) is 19.8 Å². The van der Waals surface area contributed by atoms with Crippen molar-refractivity contribution in [3.8, 4) is 28.7 Å². The molecule has 0 N–H and O–H groups in total. The highest BCUT2D eigenvalue weighted by atomic mass is 19.1. The first-order chi connectivity index (χ1) is 35.7. The summed E-state index contributed by atoms with van der Waals surface area (Å²) in [6.07, 6.45) is 7.62.